The molecule has 8 nitrogen and oxygen atoms in total. The van der Waals surface area contributed by atoms with Gasteiger partial charge in [0.05, 0.1) is 7.11 Å². The molecule has 1 rings (SSSR count). The molecule has 0 aliphatic carbocycles. The van der Waals surface area contributed by atoms with E-state index in [1.165, 1.54) is 19.1 Å². The van der Waals surface area contributed by atoms with Crippen LogP contribution < -0.4 is 9.64 Å². The van der Waals surface area contributed by atoms with Crippen molar-refractivity contribution in [3.05, 3.63) is 24.3 Å². The van der Waals surface area contributed by atoms with E-state index in [1.54, 1.807) is 24.3 Å². The average Bonchev–Trinajstić information content (AvgIpc) is 2.44. The van der Waals surface area contributed by atoms with E-state index in [-0.39, 0.29) is 0 Å². The zero-order valence-corrected chi connectivity index (χ0v) is 11.6. The fraction of sp³-hybridized carbons (Fsp3) is 0.308. The second-order valence-electron chi connectivity index (χ2n) is 4.18. The van der Waals surface area contributed by atoms with Gasteiger partial charge in [-0.05, 0) is 24.3 Å². The van der Waals surface area contributed by atoms with Crippen molar-refractivity contribution in [3.8, 4) is 5.75 Å². The minimum atomic E-state index is -1.28. The Bertz CT molecular complexity index is 512. The summed E-state index contributed by atoms with van der Waals surface area (Å²) in [6.45, 7) is -1.38. The van der Waals surface area contributed by atoms with E-state index in [4.69, 9.17) is 14.9 Å². The second kappa shape index (κ2) is 7.13. The summed E-state index contributed by atoms with van der Waals surface area (Å²) in [5, 5.41) is 17.5. The predicted octanol–water partition coefficient (Wildman–Crippen LogP) is 0.723. The number of urea groups is 1. The van der Waals surface area contributed by atoms with Crippen LogP contribution in [0, 0.1) is 0 Å². The number of rotatable bonds is 6. The number of anilines is 1. The summed E-state index contributed by atoms with van der Waals surface area (Å²) in [5.74, 6) is -1.96. The minimum Gasteiger partial charge on any atom is -0.497 e. The summed E-state index contributed by atoms with van der Waals surface area (Å²) in [4.78, 5) is 35.5. The van der Waals surface area contributed by atoms with Crippen molar-refractivity contribution >= 4 is 23.7 Å². The molecule has 2 amide bonds. The number of hydrogen-bond donors (Lipinski definition) is 2. The van der Waals surface area contributed by atoms with Crippen LogP contribution in [0.15, 0.2) is 24.3 Å². The molecular weight excluding hydrogens is 280 g/mol. The van der Waals surface area contributed by atoms with E-state index >= 15 is 0 Å². The third-order valence-electron chi connectivity index (χ3n) is 2.67. The zero-order valence-electron chi connectivity index (χ0n) is 11.6. The number of carbonyl (C=O) groups excluding carboxylic acids is 1. The van der Waals surface area contributed by atoms with E-state index < -0.39 is 31.1 Å². The maximum absolute atomic E-state index is 12.2. The number of aliphatic carboxylic acids is 2. The fourth-order valence-electron chi connectivity index (χ4n) is 1.65. The van der Waals surface area contributed by atoms with Gasteiger partial charge in [0.15, 0.2) is 0 Å². The topological polar surface area (TPSA) is 107 Å². The number of carboxylic acid groups (broad SMARTS) is 2. The minimum absolute atomic E-state index is 0.488. The van der Waals surface area contributed by atoms with Gasteiger partial charge in [-0.1, -0.05) is 0 Å². The maximum atomic E-state index is 12.2. The lowest BCUT2D eigenvalue weighted by Gasteiger charge is -2.25. The molecule has 0 aromatic heterocycles. The van der Waals surface area contributed by atoms with Gasteiger partial charge in [0.1, 0.15) is 18.8 Å². The third kappa shape index (κ3) is 4.68. The molecule has 21 heavy (non-hydrogen) atoms. The molecular formula is C13H16N2O6. The van der Waals surface area contributed by atoms with Gasteiger partial charge >= 0.3 is 18.0 Å². The third-order valence-corrected chi connectivity index (χ3v) is 2.67. The highest BCUT2D eigenvalue weighted by molar-refractivity contribution is 5.95. The van der Waals surface area contributed by atoms with Gasteiger partial charge in [-0.15, -0.1) is 0 Å². The molecule has 114 valence electrons. The molecule has 0 fully saturated rings. The maximum Gasteiger partial charge on any atom is 0.325 e. The van der Waals surface area contributed by atoms with Crippen molar-refractivity contribution in [2.75, 3.05) is 32.1 Å². The smallest absolute Gasteiger partial charge is 0.325 e. The van der Waals surface area contributed by atoms with Crippen LogP contribution in [0.1, 0.15) is 0 Å². The molecule has 0 aliphatic rings. The molecule has 0 unspecified atom stereocenters. The molecule has 2 N–H and O–H groups in total. The summed E-state index contributed by atoms with van der Waals surface area (Å²) >= 11 is 0. The number of nitrogens with zero attached hydrogens (tertiary/aromatic N) is 2. The standard InChI is InChI=1S/C13H16N2O6/c1-14(9-3-5-10(21-2)6-4-9)13(20)15(7-11(16)17)8-12(18)19/h3-6H,7-8H2,1-2H3,(H,16,17)(H,18,19). The first-order valence-corrected chi connectivity index (χ1v) is 5.95. The van der Waals surface area contributed by atoms with Crippen molar-refractivity contribution in [2.45, 2.75) is 0 Å². The Morgan fingerprint density at radius 2 is 1.52 bits per heavy atom. The van der Waals surface area contributed by atoms with Crippen LogP contribution in [0.3, 0.4) is 0 Å². The molecule has 1 aromatic carbocycles. The first kappa shape index (κ1) is 16.3. The van der Waals surface area contributed by atoms with Crippen LogP contribution >= 0.6 is 0 Å². The Morgan fingerprint density at radius 1 is 1.05 bits per heavy atom. The Balaban J connectivity index is 2.89. The van der Waals surface area contributed by atoms with Crippen molar-refractivity contribution in [3.63, 3.8) is 0 Å². The highest BCUT2D eigenvalue weighted by Gasteiger charge is 2.23. The van der Waals surface area contributed by atoms with Crippen LogP contribution in [0.5, 0.6) is 5.75 Å². The highest BCUT2D eigenvalue weighted by atomic mass is 16.5. The lowest BCUT2D eigenvalue weighted by Crippen LogP contribution is -2.46. The van der Waals surface area contributed by atoms with Gasteiger partial charge < -0.3 is 19.8 Å². The molecule has 0 aliphatic heterocycles. The van der Waals surface area contributed by atoms with Crippen molar-refractivity contribution < 1.29 is 29.3 Å². The summed E-state index contributed by atoms with van der Waals surface area (Å²) in [6.07, 6.45) is 0. The van der Waals surface area contributed by atoms with Crippen molar-refractivity contribution in [1.29, 1.82) is 0 Å². The normalized spacial score (nSPS) is 9.81. The van der Waals surface area contributed by atoms with Gasteiger partial charge in [0.25, 0.3) is 0 Å². The number of amides is 2. The molecule has 0 atom stereocenters. The van der Waals surface area contributed by atoms with E-state index in [1.807, 2.05) is 0 Å². The molecule has 8 heteroatoms. The molecule has 0 heterocycles. The Labute approximate surface area is 121 Å². The lowest BCUT2D eigenvalue weighted by molar-refractivity contribution is -0.140. The monoisotopic (exact) mass is 296 g/mol. The Hall–Kier alpha value is -2.77. The van der Waals surface area contributed by atoms with Crippen molar-refractivity contribution in [1.82, 2.24) is 4.90 Å². The molecule has 0 saturated carbocycles. The fourth-order valence-corrected chi connectivity index (χ4v) is 1.65. The number of methoxy groups -OCH3 is 1. The summed E-state index contributed by atoms with van der Waals surface area (Å²) < 4.78 is 4.99. The van der Waals surface area contributed by atoms with Gasteiger partial charge in [-0.2, -0.15) is 0 Å². The van der Waals surface area contributed by atoms with Crippen LogP contribution in [0.4, 0.5) is 10.5 Å². The first-order valence-electron chi connectivity index (χ1n) is 5.95. The number of carbonyl (C=O) groups is 3. The summed E-state index contributed by atoms with van der Waals surface area (Å²) in [5.41, 5.74) is 0.488. The van der Waals surface area contributed by atoms with E-state index in [2.05, 4.69) is 0 Å². The Kier molecular flexibility index (Phi) is 5.53. The van der Waals surface area contributed by atoms with Gasteiger partial charge in [-0.25, -0.2) is 4.79 Å². The van der Waals surface area contributed by atoms with Gasteiger partial charge in [-0.3, -0.25) is 14.5 Å². The van der Waals surface area contributed by atoms with Crippen LogP contribution in [-0.2, 0) is 9.59 Å². The van der Waals surface area contributed by atoms with Crippen LogP contribution in [-0.4, -0.2) is 60.3 Å². The largest absolute Gasteiger partial charge is 0.497 e. The molecule has 0 spiro atoms. The van der Waals surface area contributed by atoms with Gasteiger partial charge in [0.2, 0.25) is 0 Å². The quantitative estimate of drug-likeness (QED) is 0.801. The SMILES string of the molecule is COc1ccc(N(C)C(=O)N(CC(=O)O)CC(=O)O)cc1. The Morgan fingerprint density at radius 3 is 1.90 bits per heavy atom. The molecule has 0 bridgehead atoms. The van der Waals surface area contributed by atoms with E-state index in [9.17, 15) is 14.4 Å². The molecule has 0 saturated heterocycles. The van der Waals surface area contributed by atoms with Gasteiger partial charge in [0, 0.05) is 12.7 Å². The highest BCUT2D eigenvalue weighted by Crippen LogP contribution is 2.19. The van der Waals surface area contributed by atoms with Crippen LogP contribution in [0.2, 0.25) is 0 Å². The predicted molar refractivity (Wildman–Crippen MR) is 73.6 cm³/mol. The number of hydrogen-bond acceptors (Lipinski definition) is 4. The van der Waals surface area contributed by atoms with Crippen molar-refractivity contribution in [2.24, 2.45) is 0 Å². The molecule has 1 aromatic rings. The number of benzene rings is 1. The average molecular weight is 296 g/mol. The van der Waals surface area contributed by atoms with Crippen LogP contribution in [0.25, 0.3) is 0 Å². The van der Waals surface area contributed by atoms with E-state index in [0.29, 0.717) is 11.4 Å². The summed E-state index contributed by atoms with van der Waals surface area (Å²) in [7, 11) is 2.94. The molecule has 0 radical (unpaired) electrons. The number of ether oxygens (including phenoxy) is 1. The summed E-state index contributed by atoms with van der Waals surface area (Å²) in [6, 6.07) is 5.77. The first-order chi connectivity index (χ1) is 9.85. The lowest BCUT2D eigenvalue weighted by atomic mass is 10.3. The second-order valence-corrected chi connectivity index (χ2v) is 4.18. The van der Waals surface area contributed by atoms with E-state index in [0.717, 1.165) is 4.90 Å². The zero-order chi connectivity index (χ0) is 16.0. The number of carboxylic acids is 2.